The summed E-state index contributed by atoms with van der Waals surface area (Å²) in [6.07, 6.45) is 4.46. The minimum absolute atomic E-state index is 0.0563. The van der Waals surface area contributed by atoms with Crippen molar-refractivity contribution in [3.63, 3.8) is 0 Å². The van der Waals surface area contributed by atoms with E-state index >= 15 is 0 Å². The molecule has 0 bridgehead atoms. The van der Waals surface area contributed by atoms with Crippen molar-refractivity contribution in [1.29, 1.82) is 0 Å². The summed E-state index contributed by atoms with van der Waals surface area (Å²) in [6, 6.07) is 6.31. The maximum atomic E-state index is 11.8. The Morgan fingerprint density at radius 2 is 2.37 bits per heavy atom. The third-order valence-electron chi connectivity index (χ3n) is 3.40. The SMILES string of the molecule is CN(Cc1ccccn1)C(CN)CC(=O)NC1CC1. The van der Waals surface area contributed by atoms with Gasteiger partial charge in [-0.25, -0.2) is 0 Å². The van der Waals surface area contributed by atoms with Gasteiger partial charge in [-0.1, -0.05) is 6.07 Å². The molecule has 5 heteroatoms. The smallest absolute Gasteiger partial charge is 0.221 e. The van der Waals surface area contributed by atoms with Gasteiger partial charge < -0.3 is 11.1 Å². The lowest BCUT2D eigenvalue weighted by Crippen LogP contribution is -2.42. The summed E-state index contributed by atoms with van der Waals surface area (Å²) in [4.78, 5) is 18.2. The molecule has 104 valence electrons. The third-order valence-corrected chi connectivity index (χ3v) is 3.40. The second-order valence-electron chi connectivity index (χ2n) is 5.17. The van der Waals surface area contributed by atoms with Crippen molar-refractivity contribution in [3.8, 4) is 0 Å². The highest BCUT2D eigenvalue weighted by Crippen LogP contribution is 2.19. The van der Waals surface area contributed by atoms with Crippen molar-refractivity contribution >= 4 is 5.91 Å². The van der Waals surface area contributed by atoms with Crippen molar-refractivity contribution in [3.05, 3.63) is 30.1 Å². The highest BCUT2D eigenvalue weighted by molar-refractivity contribution is 5.77. The molecular weight excluding hydrogens is 240 g/mol. The van der Waals surface area contributed by atoms with Crippen molar-refractivity contribution in [2.45, 2.75) is 37.9 Å². The lowest BCUT2D eigenvalue weighted by atomic mass is 10.1. The van der Waals surface area contributed by atoms with Crippen molar-refractivity contribution < 1.29 is 4.79 Å². The van der Waals surface area contributed by atoms with Gasteiger partial charge in [0.1, 0.15) is 0 Å². The lowest BCUT2D eigenvalue weighted by molar-refractivity contribution is -0.122. The highest BCUT2D eigenvalue weighted by atomic mass is 16.1. The molecule has 2 rings (SSSR count). The Morgan fingerprint density at radius 3 is 2.95 bits per heavy atom. The molecule has 1 aromatic heterocycles. The Kier molecular flexibility index (Phi) is 4.87. The van der Waals surface area contributed by atoms with E-state index in [0.717, 1.165) is 18.5 Å². The first-order chi connectivity index (χ1) is 9.19. The zero-order chi connectivity index (χ0) is 13.7. The molecule has 5 nitrogen and oxygen atoms in total. The van der Waals surface area contributed by atoms with Gasteiger partial charge in [-0.05, 0) is 32.0 Å². The summed E-state index contributed by atoms with van der Waals surface area (Å²) in [7, 11) is 1.98. The van der Waals surface area contributed by atoms with Gasteiger partial charge >= 0.3 is 0 Å². The summed E-state index contributed by atoms with van der Waals surface area (Å²) >= 11 is 0. The van der Waals surface area contributed by atoms with E-state index in [4.69, 9.17) is 5.73 Å². The fourth-order valence-electron chi connectivity index (χ4n) is 2.02. The van der Waals surface area contributed by atoms with Crippen LogP contribution in [-0.4, -0.2) is 41.5 Å². The fourth-order valence-corrected chi connectivity index (χ4v) is 2.02. The molecule has 0 spiro atoms. The number of pyridine rings is 1. The van der Waals surface area contributed by atoms with Crippen LogP contribution in [0.2, 0.25) is 0 Å². The quantitative estimate of drug-likeness (QED) is 0.751. The second-order valence-corrected chi connectivity index (χ2v) is 5.17. The number of likely N-dealkylation sites (N-methyl/N-ethyl adjacent to an activating group) is 1. The Labute approximate surface area is 114 Å². The predicted molar refractivity (Wildman–Crippen MR) is 74.3 cm³/mol. The molecule has 1 heterocycles. The van der Waals surface area contributed by atoms with Crippen molar-refractivity contribution in [1.82, 2.24) is 15.2 Å². The monoisotopic (exact) mass is 262 g/mol. The van der Waals surface area contributed by atoms with E-state index in [2.05, 4.69) is 15.2 Å². The second kappa shape index (κ2) is 6.63. The van der Waals surface area contributed by atoms with Crippen LogP contribution in [0.15, 0.2) is 24.4 Å². The van der Waals surface area contributed by atoms with E-state index in [0.29, 0.717) is 25.6 Å². The molecule has 1 atom stereocenters. The standard InChI is InChI=1S/C14H22N4O/c1-18(10-12-4-2-3-7-16-12)13(9-15)8-14(19)17-11-5-6-11/h2-4,7,11,13H,5-6,8-10,15H2,1H3,(H,17,19). The first-order valence-corrected chi connectivity index (χ1v) is 6.78. The van der Waals surface area contributed by atoms with E-state index < -0.39 is 0 Å². The van der Waals surface area contributed by atoms with Crippen LogP contribution >= 0.6 is 0 Å². The molecule has 1 aliphatic carbocycles. The van der Waals surface area contributed by atoms with Crippen LogP contribution < -0.4 is 11.1 Å². The number of nitrogens with one attached hydrogen (secondary N) is 1. The Balaban J connectivity index is 1.83. The highest BCUT2D eigenvalue weighted by Gasteiger charge is 2.25. The molecule has 3 N–H and O–H groups in total. The first kappa shape index (κ1) is 14.0. The van der Waals surface area contributed by atoms with E-state index in [1.54, 1.807) is 6.20 Å². The van der Waals surface area contributed by atoms with Gasteiger partial charge in [0.15, 0.2) is 0 Å². The zero-order valence-electron chi connectivity index (χ0n) is 11.4. The van der Waals surface area contributed by atoms with E-state index in [-0.39, 0.29) is 11.9 Å². The minimum atomic E-state index is 0.0563. The average molecular weight is 262 g/mol. The number of hydrogen-bond donors (Lipinski definition) is 2. The molecular formula is C14H22N4O. The van der Waals surface area contributed by atoms with Crippen LogP contribution in [0, 0.1) is 0 Å². The third kappa shape index (κ3) is 4.61. The van der Waals surface area contributed by atoms with Crippen LogP contribution in [0.1, 0.15) is 25.0 Å². The molecule has 1 saturated carbocycles. The summed E-state index contributed by atoms with van der Waals surface area (Å²) in [6.45, 7) is 1.18. The molecule has 0 saturated heterocycles. The Morgan fingerprint density at radius 1 is 1.58 bits per heavy atom. The van der Waals surface area contributed by atoms with Crippen molar-refractivity contribution in [2.24, 2.45) is 5.73 Å². The van der Waals surface area contributed by atoms with Gasteiger partial charge in [-0.2, -0.15) is 0 Å². The summed E-state index contributed by atoms with van der Waals surface area (Å²) in [5.74, 6) is 0.103. The van der Waals surface area contributed by atoms with Gasteiger partial charge in [0, 0.05) is 37.8 Å². The molecule has 0 radical (unpaired) electrons. The molecule has 0 aliphatic heterocycles. The largest absolute Gasteiger partial charge is 0.353 e. The predicted octanol–water partition coefficient (Wildman–Crippen LogP) is 0.509. The van der Waals surface area contributed by atoms with Gasteiger partial charge in [0.2, 0.25) is 5.91 Å². The number of carbonyl (C=O) groups is 1. The first-order valence-electron chi connectivity index (χ1n) is 6.78. The topological polar surface area (TPSA) is 71.2 Å². The number of amides is 1. The fraction of sp³-hybridized carbons (Fsp3) is 0.571. The molecule has 1 unspecified atom stereocenters. The summed E-state index contributed by atoms with van der Waals surface area (Å²) in [5.41, 5.74) is 6.77. The maximum Gasteiger partial charge on any atom is 0.221 e. The number of nitrogens with zero attached hydrogens (tertiary/aromatic N) is 2. The Hall–Kier alpha value is -1.46. The zero-order valence-corrected chi connectivity index (χ0v) is 11.4. The Bertz CT molecular complexity index is 405. The number of rotatable bonds is 7. The van der Waals surface area contributed by atoms with Crippen LogP contribution in [0.3, 0.4) is 0 Å². The maximum absolute atomic E-state index is 11.8. The number of aromatic nitrogens is 1. The van der Waals surface area contributed by atoms with E-state index in [9.17, 15) is 4.79 Å². The van der Waals surface area contributed by atoms with Gasteiger partial charge in [-0.15, -0.1) is 0 Å². The molecule has 1 amide bonds. The molecule has 1 fully saturated rings. The van der Waals surface area contributed by atoms with Gasteiger partial charge in [0.25, 0.3) is 0 Å². The summed E-state index contributed by atoms with van der Waals surface area (Å²) < 4.78 is 0. The lowest BCUT2D eigenvalue weighted by Gasteiger charge is -2.26. The molecule has 1 aromatic rings. The average Bonchev–Trinajstić information content (AvgIpc) is 3.21. The number of nitrogens with two attached hydrogens (primary N) is 1. The van der Waals surface area contributed by atoms with Crippen LogP contribution in [0.5, 0.6) is 0 Å². The summed E-state index contributed by atoms with van der Waals surface area (Å²) in [5, 5.41) is 3.00. The van der Waals surface area contributed by atoms with Gasteiger partial charge in [-0.3, -0.25) is 14.7 Å². The van der Waals surface area contributed by atoms with Gasteiger partial charge in [0.05, 0.1) is 5.69 Å². The molecule has 19 heavy (non-hydrogen) atoms. The van der Waals surface area contributed by atoms with Crippen LogP contribution in [0.25, 0.3) is 0 Å². The van der Waals surface area contributed by atoms with E-state index in [1.807, 2.05) is 25.2 Å². The normalized spacial score (nSPS) is 16.4. The van der Waals surface area contributed by atoms with Crippen LogP contribution in [0.4, 0.5) is 0 Å². The van der Waals surface area contributed by atoms with E-state index in [1.165, 1.54) is 0 Å². The number of carbonyl (C=O) groups excluding carboxylic acids is 1. The number of hydrogen-bond acceptors (Lipinski definition) is 4. The van der Waals surface area contributed by atoms with Crippen molar-refractivity contribution in [2.75, 3.05) is 13.6 Å². The van der Waals surface area contributed by atoms with Crippen LogP contribution in [-0.2, 0) is 11.3 Å². The minimum Gasteiger partial charge on any atom is -0.353 e. The molecule has 1 aliphatic rings. The molecule has 0 aromatic carbocycles.